The maximum absolute atomic E-state index is 14.5. The minimum atomic E-state index is -2.16. The Hall–Kier alpha value is -6.76. The highest BCUT2D eigenvalue weighted by molar-refractivity contribution is 6.23. The number of ether oxygens (including phenoxy) is 4. The second-order valence-corrected chi connectivity index (χ2v) is 16.5. The molecule has 3 aromatic carbocycles. The molecule has 9 unspecified atom stereocenters. The molecule has 3 aliphatic rings. The number of benzene rings is 3. The number of methoxy groups -OCH3 is 1. The van der Waals surface area contributed by atoms with E-state index >= 15 is 0 Å². The number of aromatic nitrogens is 2. The number of para-hydroxylation sites is 1. The number of aromatic hydroxyl groups is 3. The lowest BCUT2D eigenvalue weighted by atomic mass is 9.78. The number of rotatable bonds is 4. The molecular formula is C46H52N4O14. The van der Waals surface area contributed by atoms with Gasteiger partial charge in [-0.3, -0.25) is 19.2 Å². The number of H-pyrrole nitrogens is 1. The molecule has 340 valence electrons. The van der Waals surface area contributed by atoms with Crippen molar-refractivity contribution < 1.29 is 58.9 Å². The van der Waals surface area contributed by atoms with E-state index < -0.39 is 122 Å². The Morgan fingerprint density at radius 2 is 1.61 bits per heavy atom. The lowest BCUT2D eigenvalue weighted by Crippen LogP contribution is -2.46. The van der Waals surface area contributed by atoms with E-state index in [-0.39, 0.29) is 33.4 Å². The molecule has 0 radical (unpaired) electrons. The standard InChI is InChI=1S/C46H52N4O14/c1-20-13-12-14-21(2)43(58)49-34-28(19-47-50-44(59)27-15-10-11-16-29(27)48-45(50)60)38(55)31-32(39(34)56)37(54)25(6)41-33(31)42(57)46(8,64-41)62-18-17-30(61-9)22(3)40(63-26(7)51)24(5)36(53)23(4)35(20)52/h10-20,22-24,30,35-36,40,52-56H,1-9H3,(H,48,60)(H,49,58). The van der Waals surface area contributed by atoms with Gasteiger partial charge < -0.3 is 54.8 Å². The van der Waals surface area contributed by atoms with Crippen molar-refractivity contribution in [2.24, 2.45) is 28.8 Å². The SMILES string of the molecule is COC1C=COC2(C)Oc3c(C)c(O)c4c(O)c(c(C=Nn5c(=O)[nH]c6ccccc6c5=O)c(O)c4c3C2=O)NC(=O)C(C)=CC=CC(C)C(O)C(C)C(O)C(C)C(OC(C)=O)C1C. The van der Waals surface area contributed by atoms with Gasteiger partial charge in [-0.15, -0.1) is 4.68 Å². The Balaban J connectivity index is 1.58. The summed E-state index contributed by atoms with van der Waals surface area (Å²) in [4.78, 5) is 69.7. The molecule has 1 amide bonds. The Kier molecular flexibility index (Phi) is 13.3. The summed E-state index contributed by atoms with van der Waals surface area (Å²) in [6, 6.07) is 6.17. The van der Waals surface area contributed by atoms with E-state index in [0.717, 1.165) is 12.5 Å². The highest BCUT2D eigenvalue weighted by Gasteiger charge is 2.50. The Bertz CT molecular complexity index is 2790. The number of ketones is 1. The molecule has 18 heteroatoms. The Morgan fingerprint density at radius 3 is 2.28 bits per heavy atom. The average Bonchev–Trinajstić information content (AvgIpc) is 3.52. The van der Waals surface area contributed by atoms with Crippen molar-refractivity contribution in [2.75, 3.05) is 12.4 Å². The first-order valence-corrected chi connectivity index (χ1v) is 20.5. The number of carbonyl (C=O) groups is 3. The van der Waals surface area contributed by atoms with E-state index in [1.807, 2.05) is 0 Å². The molecule has 4 aromatic rings. The number of anilines is 1. The van der Waals surface area contributed by atoms with Crippen molar-refractivity contribution in [1.82, 2.24) is 9.66 Å². The number of hydrogen-bond acceptors (Lipinski definition) is 15. The van der Waals surface area contributed by atoms with E-state index in [2.05, 4.69) is 15.4 Å². The summed E-state index contributed by atoms with van der Waals surface area (Å²) < 4.78 is 24.0. The molecule has 9 atom stereocenters. The van der Waals surface area contributed by atoms with Crippen LogP contribution in [0.2, 0.25) is 0 Å². The molecule has 3 aliphatic heterocycles. The molecule has 4 heterocycles. The van der Waals surface area contributed by atoms with Crippen LogP contribution in [0.4, 0.5) is 5.69 Å². The zero-order chi connectivity index (χ0) is 47.1. The molecule has 0 aliphatic carbocycles. The van der Waals surface area contributed by atoms with Crippen LogP contribution in [0.1, 0.15) is 70.0 Å². The van der Waals surface area contributed by atoms with Crippen LogP contribution < -0.4 is 21.3 Å². The maximum atomic E-state index is 14.5. The van der Waals surface area contributed by atoms with E-state index in [1.54, 1.807) is 45.9 Å². The highest BCUT2D eigenvalue weighted by atomic mass is 16.7. The molecule has 1 aromatic heterocycles. The third-order valence-electron chi connectivity index (χ3n) is 12.1. The van der Waals surface area contributed by atoms with Gasteiger partial charge in [-0.1, -0.05) is 58.1 Å². The number of nitrogens with one attached hydrogen (secondary N) is 2. The van der Waals surface area contributed by atoms with Crippen LogP contribution in [0.3, 0.4) is 0 Å². The first-order valence-electron chi connectivity index (χ1n) is 20.5. The molecule has 7 rings (SSSR count). The minimum absolute atomic E-state index is 0.0444. The summed E-state index contributed by atoms with van der Waals surface area (Å²) in [6.45, 7) is 12.1. The Labute approximate surface area is 366 Å². The van der Waals surface area contributed by atoms with Crippen molar-refractivity contribution in [3.63, 3.8) is 0 Å². The third-order valence-corrected chi connectivity index (χ3v) is 12.1. The fraction of sp³-hybridized carbons (Fsp3) is 0.391. The quantitative estimate of drug-likeness (QED) is 0.0637. The zero-order valence-corrected chi connectivity index (χ0v) is 36.7. The predicted molar refractivity (Wildman–Crippen MR) is 236 cm³/mol. The van der Waals surface area contributed by atoms with Crippen molar-refractivity contribution in [2.45, 2.75) is 85.6 Å². The number of amides is 1. The molecule has 0 fully saturated rings. The van der Waals surface area contributed by atoms with Gasteiger partial charge in [0.1, 0.15) is 23.4 Å². The van der Waals surface area contributed by atoms with Crippen molar-refractivity contribution >= 4 is 51.2 Å². The molecule has 18 nitrogen and oxygen atoms in total. The minimum Gasteiger partial charge on any atom is -0.507 e. The summed E-state index contributed by atoms with van der Waals surface area (Å²) in [6.07, 6.45) is 3.82. The van der Waals surface area contributed by atoms with Gasteiger partial charge in [0, 0.05) is 61.2 Å². The van der Waals surface area contributed by atoms with Crippen molar-refractivity contribution in [1.29, 1.82) is 0 Å². The van der Waals surface area contributed by atoms with Gasteiger partial charge in [0.15, 0.2) is 5.75 Å². The third kappa shape index (κ3) is 8.38. The van der Waals surface area contributed by atoms with Crippen LogP contribution in [-0.4, -0.2) is 96.4 Å². The number of carbonyl (C=O) groups excluding carboxylic acids is 3. The maximum Gasteiger partial charge on any atom is 0.349 e. The number of nitrogens with zero attached hydrogens (tertiary/aromatic N) is 2. The van der Waals surface area contributed by atoms with Crippen LogP contribution in [0.25, 0.3) is 21.7 Å². The molecule has 0 spiro atoms. The first-order chi connectivity index (χ1) is 30.1. The second kappa shape index (κ2) is 18.1. The zero-order valence-electron chi connectivity index (χ0n) is 36.7. The van der Waals surface area contributed by atoms with Crippen LogP contribution in [0.15, 0.2) is 75.1 Å². The number of fused-ring (bicyclic) bond motifs is 15. The molecule has 0 saturated carbocycles. The smallest absolute Gasteiger partial charge is 0.349 e. The van der Waals surface area contributed by atoms with Gasteiger partial charge in [-0.2, -0.15) is 5.10 Å². The summed E-state index contributed by atoms with van der Waals surface area (Å²) in [7, 11) is 1.40. The molecule has 64 heavy (non-hydrogen) atoms. The number of hydrogen-bond donors (Lipinski definition) is 7. The fourth-order valence-electron chi connectivity index (χ4n) is 8.25. The lowest BCUT2D eigenvalue weighted by molar-refractivity contribution is -0.160. The summed E-state index contributed by atoms with van der Waals surface area (Å²) >= 11 is 0. The van der Waals surface area contributed by atoms with Crippen LogP contribution in [0.5, 0.6) is 23.0 Å². The summed E-state index contributed by atoms with van der Waals surface area (Å²) in [5.41, 5.74) is -2.92. The van der Waals surface area contributed by atoms with Gasteiger partial charge in [-0.25, -0.2) is 4.79 Å². The number of aromatic amines is 1. The monoisotopic (exact) mass is 884 g/mol. The van der Waals surface area contributed by atoms with Crippen molar-refractivity contribution in [3.05, 3.63) is 97.9 Å². The van der Waals surface area contributed by atoms with E-state index in [4.69, 9.17) is 18.9 Å². The number of phenols is 3. The van der Waals surface area contributed by atoms with Gasteiger partial charge in [0.2, 0.25) is 0 Å². The average molecular weight is 885 g/mol. The lowest BCUT2D eigenvalue weighted by Gasteiger charge is -2.38. The molecular weight excluding hydrogens is 833 g/mol. The number of aliphatic hydroxyl groups excluding tert-OH is 2. The normalized spacial score (nSPS) is 26.9. The van der Waals surface area contributed by atoms with Crippen LogP contribution >= 0.6 is 0 Å². The number of aliphatic hydroxyl groups is 2. The second-order valence-electron chi connectivity index (χ2n) is 16.5. The van der Waals surface area contributed by atoms with E-state index in [0.29, 0.717) is 4.68 Å². The van der Waals surface area contributed by atoms with Gasteiger partial charge in [-0.05, 0) is 32.1 Å². The van der Waals surface area contributed by atoms with Crippen molar-refractivity contribution in [3.8, 4) is 23.0 Å². The first kappa shape index (κ1) is 46.7. The summed E-state index contributed by atoms with van der Waals surface area (Å²) in [5.74, 6) is -9.72. The van der Waals surface area contributed by atoms with Gasteiger partial charge >= 0.3 is 17.4 Å². The highest BCUT2D eigenvalue weighted by Crippen LogP contribution is 2.55. The van der Waals surface area contributed by atoms with E-state index in [9.17, 15) is 49.5 Å². The fourth-order valence-corrected chi connectivity index (χ4v) is 8.25. The molecule has 0 saturated heterocycles. The Morgan fingerprint density at radius 1 is 0.922 bits per heavy atom. The number of Topliss-reactive ketones (excluding diaryl/α,β-unsaturated/α-hetero) is 1. The summed E-state index contributed by atoms with van der Waals surface area (Å²) in [5, 5.41) is 64.4. The van der Waals surface area contributed by atoms with E-state index in [1.165, 1.54) is 65.2 Å². The molecule has 5 bridgehead atoms. The number of allylic oxidation sites excluding steroid dienone is 2. The molecule has 7 N–H and O–H groups in total. The number of phenolic OH excluding ortho intramolecular Hbond substituents is 3. The van der Waals surface area contributed by atoms with Crippen LogP contribution in [-0.2, 0) is 23.8 Å². The van der Waals surface area contributed by atoms with Gasteiger partial charge in [0.05, 0.1) is 63.9 Å². The van der Waals surface area contributed by atoms with Crippen LogP contribution in [0, 0.1) is 30.6 Å². The van der Waals surface area contributed by atoms with Gasteiger partial charge in [0.25, 0.3) is 17.2 Å². The largest absolute Gasteiger partial charge is 0.507 e. The topological polar surface area (TPSA) is 269 Å². The number of esters is 1. The predicted octanol–water partition coefficient (Wildman–Crippen LogP) is 4.64.